The van der Waals surface area contributed by atoms with E-state index in [9.17, 15) is 15.2 Å². The molecule has 1 aromatic carbocycles. The molecule has 0 fully saturated rings. The van der Waals surface area contributed by atoms with Gasteiger partial charge in [-0.1, -0.05) is 23.2 Å². The van der Waals surface area contributed by atoms with Gasteiger partial charge in [0.15, 0.2) is 4.96 Å². The van der Waals surface area contributed by atoms with Gasteiger partial charge in [0.05, 0.1) is 15.7 Å². The second-order valence-corrected chi connectivity index (χ2v) is 6.88. The van der Waals surface area contributed by atoms with E-state index >= 15 is 0 Å². The molecule has 0 spiro atoms. The first-order valence-corrected chi connectivity index (χ1v) is 9.00. The summed E-state index contributed by atoms with van der Waals surface area (Å²) >= 11 is 14.3. The molecule has 3 rings (SSSR count). The molecule has 2 aromatic heterocycles. The Morgan fingerprint density at radius 3 is 2.74 bits per heavy atom. The molecule has 23 heavy (non-hydrogen) atoms. The van der Waals surface area contributed by atoms with Crippen LogP contribution in [0.15, 0.2) is 27.3 Å². The van der Waals surface area contributed by atoms with Gasteiger partial charge in [0.25, 0.3) is 5.56 Å². The predicted molar refractivity (Wildman–Crippen MR) is 93.0 cm³/mol. The van der Waals surface area contributed by atoms with Crippen LogP contribution in [0.4, 0.5) is 0 Å². The van der Waals surface area contributed by atoms with E-state index in [1.165, 1.54) is 39.6 Å². The van der Waals surface area contributed by atoms with Crippen molar-refractivity contribution in [3.8, 4) is 23.1 Å². The third-order valence-electron chi connectivity index (χ3n) is 3.16. The zero-order valence-corrected chi connectivity index (χ0v) is 14.6. The highest BCUT2D eigenvalue weighted by atomic mass is 35.5. The lowest BCUT2D eigenvalue weighted by Crippen LogP contribution is -2.19. The number of thiazole rings is 1. The van der Waals surface area contributed by atoms with Crippen molar-refractivity contribution in [2.45, 2.75) is 5.03 Å². The Balaban J connectivity index is 2.40. The molecule has 0 aliphatic rings. The minimum atomic E-state index is -0.483. The Labute approximate surface area is 148 Å². The van der Waals surface area contributed by atoms with Crippen molar-refractivity contribution < 1.29 is 5.11 Å². The fourth-order valence-electron chi connectivity index (χ4n) is 2.10. The smallest absolute Gasteiger partial charge is 0.278 e. The third-order valence-corrected chi connectivity index (χ3v) is 5.39. The summed E-state index contributed by atoms with van der Waals surface area (Å²) in [5.74, 6) is -0.113. The lowest BCUT2D eigenvalue weighted by molar-refractivity contribution is 0.477. The van der Waals surface area contributed by atoms with Crippen molar-refractivity contribution >= 4 is 51.3 Å². The number of aromatic hydroxyl groups is 1. The van der Waals surface area contributed by atoms with E-state index < -0.39 is 5.56 Å². The highest BCUT2D eigenvalue weighted by Gasteiger charge is 2.19. The van der Waals surface area contributed by atoms with Crippen LogP contribution < -0.4 is 5.56 Å². The maximum atomic E-state index is 12.6. The van der Waals surface area contributed by atoms with Gasteiger partial charge in [0, 0.05) is 17.0 Å². The number of aromatic nitrogens is 2. The molecule has 1 N–H and O–H groups in total. The number of benzene rings is 1. The summed E-state index contributed by atoms with van der Waals surface area (Å²) in [4.78, 5) is 17.4. The van der Waals surface area contributed by atoms with Crippen LogP contribution in [0.5, 0.6) is 5.75 Å². The predicted octanol–water partition coefficient (Wildman–Crippen LogP) is 4.03. The van der Waals surface area contributed by atoms with Crippen molar-refractivity contribution in [1.82, 2.24) is 9.38 Å². The van der Waals surface area contributed by atoms with Gasteiger partial charge in [-0.05, 0) is 12.3 Å². The van der Waals surface area contributed by atoms with Crippen molar-refractivity contribution in [3.05, 3.63) is 43.5 Å². The van der Waals surface area contributed by atoms with Crippen LogP contribution >= 0.6 is 46.3 Å². The standard InChI is InChI=1S/C14H7Cl2N3O2S2/c1-22-12-7(4-17)13(21)19-10(5-23-14(19)18-12)6-2-8(15)9(16)3-11(6)20/h2-3,5,20H,1H3. The summed E-state index contributed by atoms with van der Waals surface area (Å²) in [5.41, 5.74) is 0.232. The van der Waals surface area contributed by atoms with Gasteiger partial charge in [-0.25, -0.2) is 9.38 Å². The molecule has 5 nitrogen and oxygen atoms in total. The van der Waals surface area contributed by atoms with Crippen molar-refractivity contribution in [2.75, 3.05) is 6.26 Å². The topological polar surface area (TPSA) is 78.4 Å². The molecular weight excluding hydrogens is 377 g/mol. The van der Waals surface area contributed by atoms with Crippen LogP contribution in [-0.4, -0.2) is 20.7 Å². The van der Waals surface area contributed by atoms with Crippen molar-refractivity contribution in [2.24, 2.45) is 0 Å². The van der Waals surface area contributed by atoms with Gasteiger partial charge in [-0.15, -0.1) is 23.1 Å². The summed E-state index contributed by atoms with van der Waals surface area (Å²) in [7, 11) is 0. The molecular formula is C14H7Cl2N3O2S2. The Morgan fingerprint density at radius 2 is 2.09 bits per heavy atom. The SMILES string of the molecule is CSc1nc2scc(-c3cc(Cl)c(Cl)cc3O)n2c(=O)c1C#N. The number of hydrogen-bond acceptors (Lipinski definition) is 6. The average Bonchev–Trinajstić information content (AvgIpc) is 2.94. The molecule has 9 heteroatoms. The van der Waals surface area contributed by atoms with Gasteiger partial charge >= 0.3 is 0 Å². The fourth-order valence-corrected chi connectivity index (χ4v) is 3.88. The number of rotatable bonds is 2. The molecule has 0 unspecified atom stereocenters. The van der Waals surface area contributed by atoms with Gasteiger partial charge < -0.3 is 5.11 Å². The Morgan fingerprint density at radius 1 is 1.39 bits per heavy atom. The van der Waals surface area contributed by atoms with E-state index in [4.69, 9.17) is 23.2 Å². The molecule has 0 bridgehead atoms. The molecule has 116 valence electrons. The Kier molecular flexibility index (Phi) is 4.25. The largest absolute Gasteiger partial charge is 0.507 e. The van der Waals surface area contributed by atoms with E-state index in [2.05, 4.69) is 4.98 Å². The van der Waals surface area contributed by atoms with Crippen molar-refractivity contribution in [1.29, 1.82) is 5.26 Å². The second kappa shape index (κ2) is 6.06. The summed E-state index contributed by atoms with van der Waals surface area (Å²) in [6, 6.07) is 4.67. The monoisotopic (exact) mass is 383 g/mol. The average molecular weight is 384 g/mol. The number of nitrogens with zero attached hydrogens (tertiary/aromatic N) is 3. The van der Waals surface area contributed by atoms with Gasteiger partial charge in [0.1, 0.15) is 22.4 Å². The van der Waals surface area contributed by atoms with Crippen LogP contribution in [0, 0.1) is 11.3 Å². The van der Waals surface area contributed by atoms with Gasteiger partial charge in [-0.2, -0.15) is 5.26 Å². The van der Waals surface area contributed by atoms with Crippen LogP contribution in [0.1, 0.15) is 5.56 Å². The maximum Gasteiger partial charge on any atom is 0.278 e. The Hall–Kier alpha value is -1.72. The quantitative estimate of drug-likeness (QED) is 0.533. The van der Waals surface area contributed by atoms with Gasteiger partial charge in [-0.3, -0.25) is 4.79 Å². The summed E-state index contributed by atoms with van der Waals surface area (Å²) < 4.78 is 1.29. The first-order valence-electron chi connectivity index (χ1n) is 6.14. The van der Waals surface area contributed by atoms with Gasteiger partial charge in [0.2, 0.25) is 0 Å². The number of fused-ring (bicyclic) bond motifs is 1. The van der Waals surface area contributed by atoms with E-state index in [1.54, 1.807) is 11.6 Å². The van der Waals surface area contributed by atoms with E-state index in [0.717, 1.165) is 0 Å². The molecule has 0 amide bonds. The summed E-state index contributed by atoms with van der Waals surface area (Å²) in [6.07, 6.45) is 1.75. The first kappa shape index (κ1) is 16.1. The number of thioether (sulfide) groups is 1. The molecule has 3 aromatic rings. The maximum absolute atomic E-state index is 12.6. The molecule has 0 atom stereocenters. The minimum Gasteiger partial charge on any atom is -0.507 e. The van der Waals surface area contributed by atoms with Crippen LogP contribution in [0.3, 0.4) is 0 Å². The summed E-state index contributed by atoms with van der Waals surface area (Å²) in [5, 5.41) is 21.9. The van der Waals surface area contributed by atoms with Crippen molar-refractivity contribution in [3.63, 3.8) is 0 Å². The normalized spacial score (nSPS) is 10.9. The second-order valence-electron chi connectivity index (χ2n) is 4.44. The molecule has 0 saturated carbocycles. The van der Waals surface area contributed by atoms with Crippen LogP contribution in [0.25, 0.3) is 16.2 Å². The zero-order chi connectivity index (χ0) is 16.7. The third kappa shape index (κ3) is 2.58. The highest BCUT2D eigenvalue weighted by Crippen LogP contribution is 2.37. The highest BCUT2D eigenvalue weighted by molar-refractivity contribution is 7.98. The molecule has 0 aliphatic heterocycles. The first-order chi connectivity index (χ1) is 11.0. The molecule has 0 aliphatic carbocycles. The van der Waals surface area contributed by atoms with E-state index in [1.807, 2.05) is 6.07 Å². The Bertz CT molecular complexity index is 1040. The lowest BCUT2D eigenvalue weighted by Gasteiger charge is -2.07. The van der Waals surface area contributed by atoms with E-state index in [0.29, 0.717) is 21.2 Å². The zero-order valence-electron chi connectivity index (χ0n) is 11.5. The molecule has 2 heterocycles. The van der Waals surface area contributed by atoms with E-state index in [-0.39, 0.29) is 21.4 Å². The summed E-state index contributed by atoms with van der Waals surface area (Å²) in [6.45, 7) is 0. The fraction of sp³-hybridized carbons (Fsp3) is 0.0714. The lowest BCUT2D eigenvalue weighted by atomic mass is 10.1. The molecule has 0 radical (unpaired) electrons. The number of phenolic OH excluding ortho intramolecular Hbond substituents is 1. The minimum absolute atomic E-state index is 0.0331. The molecule has 0 saturated heterocycles. The number of halogens is 2. The van der Waals surface area contributed by atoms with Crippen LogP contribution in [-0.2, 0) is 0 Å². The number of nitriles is 1. The number of phenols is 1. The number of hydrogen-bond donors (Lipinski definition) is 1. The van der Waals surface area contributed by atoms with Crippen LogP contribution in [0.2, 0.25) is 10.0 Å².